The summed E-state index contributed by atoms with van der Waals surface area (Å²) in [5.41, 5.74) is 2.25. The van der Waals surface area contributed by atoms with Gasteiger partial charge in [0.2, 0.25) is 0 Å². The molecule has 1 aliphatic heterocycles. The summed E-state index contributed by atoms with van der Waals surface area (Å²) in [6.07, 6.45) is 2.05. The molecule has 0 saturated carbocycles. The SMILES string of the molecule is Cc1cc(F)ccc1CCNC1CCOC1. The average Bonchev–Trinajstić information content (AvgIpc) is 2.74. The van der Waals surface area contributed by atoms with E-state index in [0.29, 0.717) is 6.04 Å². The number of ether oxygens (including phenoxy) is 1. The average molecular weight is 223 g/mol. The quantitative estimate of drug-likeness (QED) is 0.843. The normalized spacial score (nSPS) is 20.2. The third kappa shape index (κ3) is 3.03. The van der Waals surface area contributed by atoms with Crippen LogP contribution in [-0.4, -0.2) is 25.8 Å². The first kappa shape index (κ1) is 11.6. The molecule has 1 saturated heterocycles. The lowest BCUT2D eigenvalue weighted by atomic mass is 10.1. The van der Waals surface area contributed by atoms with E-state index in [-0.39, 0.29) is 5.82 Å². The zero-order chi connectivity index (χ0) is 11.4. The van der Waals surface area contributed by atoms with Crippen LogP contribution in [0.3, 0.4) is 0 Å². The highest BCUT2D eigenvalue weighted by atomic mass is 19.1. The standard InChI is InChI=1S/C13H18FNO/c1-10-8-12(14)3-2-11(10)4-6-15-13-5-7-16-9-13/h2-3,8,13,15H,4-7,9H2,1H3. The molecule has 3 heteroatoms. The Labute approximate surface area is 95.8 Å². The second-order valence-electron chi connectivity index (χ2n) is 4.34. The van der Waals surface area contributed by atoms with Crippen LogP contribution in [-0.2, 0) is 11.2 Å². The second-order valence-corrected chi connectivity index (χ2v) is 4.34. The summed E-state index contributed by atoms with van der Waals surface area (Å²) in [6, 6.07) is 5.49. The van der Waals surface area contributed by atoms with E-state index >= 15 is 0 Å². The first-order valence-corrected chi connectivity index (χ1v) is 5.82. The highest BCUT2D eigenvalue weighted by molar-refractivity contribution is 5.26. The third-order valence-electron chi connectivity index (χ3n) is 3.06. The van der Waals surface area contributed by atoms with Crippen molar-refractivity contribution in [2.75, 3.05) is 19.8 Å². The van der Waals surface area contributed by atoms with Crippen molar-refractivity contribution >= 4 is 0 Å². The summed E-state index contributed by atoms with van der Waals surface area (Å²) in [6.45, 7) is 4.58. The minimum atomic E-state index is -0.154. The van der Waals surface area contributed by atoms with E-state index in [9.17, 15) is 4.39 Å². The van der Waals surface area contributed by atoms with Crippen molar-refractivity contribution in [1.82, 2.24) is 5.32 Å². The van der Waals surface area contributed by atoms with Crippen LogP contribution in [0.5, 0.6) is 0 Å². The Morgan fingerprint density at radius 2 is 2.38 bits per heavy atom. The summed E-state index contributed by atoms with van der Waals surface area (Å²) in [5, 5.41) is 3.45. The van der Waals surface area contributed by atoms with E-state index in [1.807, 2.05) is 13.0 Å². The number of hydrogen-bond acceptors (Lipinski definition) is 2. The zero-order valence-electron chi connectivity index (χ0n) is 9.63. The van der Waals surface area contributed by atoms with Crippen molar-refractivity contribution in [2.24, 2.45) is 0 Å². The zero-order valence-corrected chi connectivity index (χ0v) is 9.63. The van der Waals surface area contributed by atoms with Crippen LogP contribution in [0.25, 0.3) is 0 Å². The molecule has 1 aromatic carbocycles. The molecule has 0 aliphatic carbocycles. The molecular formula is C13H18FNO. The number of nitrogens with one attached hydrogen (secondary N) is 1. The number of rotatable bonds is 4. The fraction of sp³-hybridized carbons (Fsp3) is 0.538. The number of hydrogen-bond donors (Lipinski definition) is 1. The van der Waals surface area contributed by atoms with Crippen molar-refractivity contribution in [1.29, 1.82) is 0 Å². The molecule has 1 atom stereocenters. The van der Waals surface area contributed by atoms with E-state index in [1.165, 1.54) is 11.6 Å². The summed E-state index contributed by atoms with van der Waals surface area (Å²) < 4.78 is 18.2. The summed E-state index contributed by atoms with van der Waals surface area (Å²) >= 11 is 0. The van der Waals surface area contributed by atoms with Gasteiger partial charge in [0.05, 0.1) is 6.61 Å². The Hall–Kier alpha value is -0.930. The number of halogens is 1. The Kier molecular flexibility index (Phi) is 3.91. The van der Waals surface area contributed by atoms with Gasteiger partial charge < -0.3 is 10.1 Å². The maximum atomic E-state index is 12.9. The van der Waals surface area contributed by atoms with Gasteiger partial charge in [0.25, 0.3) is 0 Å². The summed E-state index contributed by atoms with van der Waals surface area (Å²) in [5.74, 6) is -0.154. The van der Waals surface area contributed by atoms with Gasteiger partial charge in [-0.1, -0.05) is 6.07 Å². The van der Waals surface area contributed by atoms with E-state index in [4.69, 9.17) is 4.74 Å². The number of aryl methyl sites for hydroxylation is 1. The molecule has 0 aromatic heterocycles. The van der Waals surface area contributed by atoms with Crippen LogP contribution in [0.15, 0.2) is 18.2 Å². The topological polar surface area (TPSA) is 21.3 Å². The van der Waals surface area contributed by atoms with Gasteiger partial charge in [-0.25, -0.2) is 4.39 Å². The molecule has 2 rings (SSSR count). The van der Waals surface area contributed by atoms with E-state index in [0.717, 1.165) is 38.2 Å². The molecule has 1 heterocycles. The Balaban J connectivity index is 1.80. The predicted molar refractivity (Wildman–Crippen MR) is 62.1 cm³/mol. The van der Waals surface area contributed by atoms with Crippen molar-refractivity contribution < 1.29 is 9.13 Å². The summed E-state index contributed by atoms with van der Waals surface area (Å²) in [4.78, 5) is 0. The van der Waals surface area contributed by atoms with Gasteiger partial charge in [-0.15, -0.1) is 0 Å². The minimum absolute atomic E-state index is 0.154. The Morgan fingerprint density at radius 1 is 1.50 bits per heavy atom. The van der Waals surface area contributed by atoms with Crippen molar-refractivity contribution in [3.63, 3.8) is 0 Å². The fourth-order valence-electron chi connectivity index (χ4n) is 2.05. The highest BCUT2D eigenvalue weighted by Gasteiger charge is 2.14. The van der Waals surface area contributed by atoms with E-state index in [1.54, 1.807) is 6.07 Å². The van der Waals surface area contributed by atoms with Crippen molar-refractivity contribution in [3.05, 3.63) is 35.1 Å². The van der Waals surface area contributed by atoms with Crippen LogP contribution in [0.4, 0.5) is 4.39 Å². The molecule has 0 bridgehead atoms. The molecule has 1 unspecified atom stereocenters. The Bertz CT molecular complexity index is 348. The second kappa shape index (κ2) is 5.41. The minimum Gasteiger partial charge on any atom is -0.380 e. The number of benzene rings is 1. The van der Waals surface area contributed by atoms with E-state index < -0.39 is 0 Å². The maximum absolute atomic E-state index is 12.9. The predicted octanol–water partition coefficient (Wildman–Crippen LogP) is 2.06. The molecule has 2 nitrogen and oxygen atoms in total. The third-order valence-corrected chi connectivity index (χ3v) is 3.06. The van der Waals surface area contributed by atoms with Gasteiger partial charge in [0, 0.05) is 12.6 Å². The van der Waals surface area contributed by atoms with Crippen LogP contribution >= 0.6 is 0 Å². The van der Waals surface area contributed by atoms with Gasteiger partial charge in [0.15, 0.2) is 0 Å². The van der Waals surface area contributed by atoms with Gasteiger partial charge >= 0.3 is 0 Å². The first-order chi connectivity index (χ1) is 7.75. The monoisotopic (exact) mass is 223 g/mol. The molecule has 0 radical (unpaired) electrons. The van der Waals surface area contributed by atoms with Crippen LogP contribution < -0.4 is 5.32 Å². The van der Waals surface area contributed by atoms with Gasteiger partial charge in [0.1, 0.15) is 5.82 Å². The van der Waals surface area contributed by atoms with Crippen LogP contribution in [0.2, 0.25) is 0 Å². The maximum Gasteiger partial charge on any atom is 0.123 e. The van der Waals surface area contributed by atoms with Gasteiger partial charge in [-0.2, -0.15) is 0 Å². The molecule has 16 heavy (non-hydrogen) atoms. The molecule has 88 valence electrons. The largest absolute Gasteiger partial charge is 0.380 e. The van der Waals surface area contributed by atoms with Crippen LogP contribution in [0.1, 0.15) is 17.5 Å². The Morgan fingerprint density at radius 3 is 3.06 bits per heavy atom. The van der Waals surface area contributed by atoms with E-state index in [2.05, 4.69) is 5.32 Å². The van der Waals surface area contributed by atoms with Crippen molar-refractivity contribution in [3.8, 4) is 0 Å². The smallest absolute Gasteiger partial charge is 0.123 e. The summed E-state index contributed by atoms with van der Waals surface area (Å²) in [7, 11) is 0. The van der Waals surface area contributed by atoms with Crippen molar-refractivity contribution in [2.45, 2.75) is 25.8 Å². The molecule has 1 fully saturated rings. The molecule has 1 N–H and O–H groups in total. The lowest BCUT2D eigenvalue weighted by Crippen LogP contribution is -2.31. The molecule has 0 spiro atoms. The molecule has 1 aliphatic rings. The molecule has 1 aromatic rings. The highest BCUT2D eigenvalue weighted by Crippen LogP contribution is 2.11. The fourth-order valence-corrected chi connectivity index (χ4v) is 2.05. The molecular weight excluding hydrogens is 205 g/mol. The van der Waals surface area contributed by atoms with Gasteiger partial charge in [-0.3, -0.25) is 0 Å². The molecule has 0 amide bonds. The lowest BCUT2D eigenvalue weighted by Gasteiger charge is -2.11. The van der Waals surface area contributed by atoms with Crippen LogP contribution in [0, 0.1) is 12.7 Å². The first-order valence-electron chi connectivity index (χ1n) is 5.82. The van der Waals surface area contributed by atoms with Gasteiger partial charge in [-0.05, 0) is 49.6 Å². The lowest BCUT2D eigenvalue weighted by molar-refractivity contribution is 0.190.